The van der Waals surface area contributed by atoms with Crippen molar-refractivity contribution in [2.45, 2.75) is 63.8 Å². The van der Waals surface area contributed by atoms with Crippen molar-refractivity contribution in [3.63, 3.8) is 0 Å². The number of carbonyl (C=O) groups excluding carboxylic acids is 1. The Bertz CT molecular complexity index is 1570. The van der Waals surface area contributed by atoms with Crippen LogP contribution in [0, 0.1) is 5.92 Å². The molecule has 1 aliphatic heterocycles. The number of nitrogens with zero attached hydrogens (tertiary/aromatic N) is 3. The molecule has 1 saturated heterocycles. The second-order valence-electron chi connectivity index (χ2n) is 11.8. The van der Waals surface area contributed by atoms with Crippen molar-refractivity contribution >= 4 is 22.6 Å². The van der Waals surface area contributed by atoms with Gasteiger partial charge in [-0.1, -0.05) is 74.4 Å². The summed E-state index contributed by atoms with van der Waals surface area (Å²) in [5.41, 5.74) is 5.11. The molecule has 6 rings (SSSR count). The maximum atomic E-state index is 12.9. The van der Waals surface area contributed by atoms with Crippen LogP contribution < -0.4 is 5.32 Å². The van der Waals surface area contributed by atoms with Crippen LogP contribution in [0.2, 0.25) is 0 Å². The minimum absolute atomic E-state index is 0.00391. The van der Waals surface area contributed by atoms with E-state index in [-0.39, 0.29) is 36.3 Å². The number of hydrogen-bond acceptors (Lipinski definition) is 7. The molecule has 0 radical (unpaired) electrons. The fourth-order valence-electron chi connectivity index (χ4n) is 6.35. The molecule has 2 fully saturated rings. The molecule has 2 aliphatic rings. The highest BCUT2D eigenvalue weighted by molar-refractivity contribution is 6.03. The third kappa shape index (κ3) is 6.74. The number of ether oxygens (including phenoxy) is 2. The lowest BCUT2D eigenvalue weighted by Gasteiger charge is -2.43. The van der Waals surface area contributed by atoms with Crippen molar-refractivity contribution in [2.75, 3.05) is 18.4 Å². The molecule has 2 N–H and O–H groups in total. The Morgan fingerprint density at radius 1 is 1.00 bits per heavy atom. The molecule has 44 heavy (non-hydrogen) atoms. The highest BCUT2D eigenvalue weighted by Crippen LogP contribution is 2.42. The molecule has 8 nitrogen and oxygen atoms in total. The van der Waals surface area contributed by atoms with Crippen molar-refractivity contribution in [3.8, 4) is 0 Å². The van der Waals surface area contributed by atoms with Crippen molar-refractivity contribution in [2.24, 2.45) is 5.92 Å². The first kappa shape index (κ1) is 30.1. The van der Waals surface area contributed by atoms with E-state index in [2.05, 4.69) is 33.7 Å². The third-order valence-corrected chi connectivity index (χ3v) is 8.86. The summed E-state index contributed by atoms with van der Waals surface area (Å²) >= 11 is 0. The van der Waals surface area contributed by atoms with E-state index >= 15 is 0 Å². The summed E-state index contributed by atoms with van der Waals surface area (Å²) in [6.07, 6.45) is 7.59. The Labute approximate surface area is 258 Å². The quantitative estimate of drug-likeness (QED) is 0.200. The highest BCUT2D eigenvalue weighted by Gasteiger charge is 2.40. The predicted octanol–water partition coefficient (Wildman–Crippen LogP) is 6.60. The summed E-state index contributed by atoms with van der Waals surface area (Å²) in [6.45, 7) is 7.84. The van der Waals surface area contributed by atoms with Crippen LogP contribution in [0.1, 0.15) is 72.2 Å². The van der Waals surface area contributed by atoms with E-state index in [1.165, 1.54) is 31.9 Å². The molecule has 2 heterocycles. The van der Waals surface area contributed by atoms with Crippen LogP contribution in [0.4, 0.5) is 5.69 Å². The summed E-state index contributed by atoms with van der Waals surface area (Å²) in [7, 11) is 0. The van der Waals surface area contributed by atoms with Gasteiger partial charge in [0.1, 0.15) is 5.69 Å². The number of anilines is 1. The SMILES string of the molecule is C=CCN(C[C@@H]1O[C@H](c2ccc(NC(=O)c3cnc4ccccc4n3)cc2)O[C@H](c2ccc(CO)cc2)[C@@H]1C)C1CCCC1. The number of amides is 1. The first-order valence-corrected chi connectivity index (χ1v) is 15.5. The number of aliphatic hydroxyl groups is 1. The second kappa shape index (κ2) is 13.8. The van der Waals surface area contributed by atoms with E-state index in [9.17, 15) is 9.90 Å². The lowest BCUT2D eigenvalue weighted by Crippen LogP contribution is -2.47. The molecule has 0 bridgehead atoms. The lowest BCUT2D eigenvalue weighted by molar-refractivity contribution is -0.276. The normalized spacial score (nSPS) is 22.3. The molecule has 1 aliphatic carbocycles. The monoisotopic (exact) mass is 592 g/mol. The zero-order valence-electron chi connectivity index (χ0n) is 25.1. The number of fused-ring (bicyclic) bond motifs is 1. The maximum absolute atomic E-state index is 12.9. The fourth-order valence-corrected chi connectivity index (χ4v) is 6.35. The number of aromatic nitrogens is 2. The van der Waals surface area contributed by atoms with Gasteiger partial charge in [0.15, 0.2) is 6.29 Å². The second-order valence-corrected chi connectivity index (χ2v) is 11.8. The summed E-state index contributed by atoms with van der Waals surface area (Å²) in [5, 5.41) is 12.5. The largest absolute Gasteiger partial charge is 0.392 e. The van der Waals surface area contributed by atoms with Gasteiger partial charge < -0.3 is 19.9 Å². The van der Waals surface area contributed by atoms with Crippen LogP contribution in [0.3, 0.4) is 0 Å². The number of para-hydroxylation sites is 2. The Kier molecular flexibility index (Phi) is 9.43. The van der Waals surface area contributed by atoms with Crippen LogP contribution in [0.5, 0.6) is 0 Å². The number of carbonyl (C=O) groups is 1. The zero-order chi connectivity index (χ0) is 30.5. The topological polar surface area (TPSA) is 96.8 Å². The number of nitrogens with one attached hydrogen (secondary N) is 1. The van der Waals surface area contributed by atoms with Crippen LogP contribution in [0.25, 0.3) is 11.0 Å². The summed E-state index contributed by atoms with van der Waals surface area (Å²) in [4.78, 5) is 24.3. The molecule has 0 spiro atoms. The van der Waals surface area contributed by atoms with Gasteiger partial charge in [0.2, 0.25) is 0 Å². The Hall–Kier alpha value is -3.95. The molecule has 0 unspecified atom stereocenters. The van der Waals surface area contributed by atoms with Crippen LogP contribution in [-0.2, 0) is 16.1 Å². The lowest BCUT2D eigenvalue weighted by atomic mass is 9.89. The molecule has 1 aromatic heterocycles. The minimum Gasteiger partial charge on any atom is -0.392 e. The van der Waals surface area contributed by atoms with Gasteiger partial charge in [-0.25, -0.2) is 4.98 Å². The number of benzene rings is 3. The molecular formula is C36H40N4O4. The summed E-state index contributed by atoms with van der Waals surface area (Å²) in [6, 6.07) is 23.6. The van der Waals surface area contributed by atoms with E-state index < -0.39 is 6.29 Å². The summed E-state index contributed by atoms with van der Waals surface area (Å²) < 4.78 is 13.3. The van der Waals surface area contributed by atoms with Crippen LogP contribution >= 0.6 is 0 Å². The van der Waals surface area contributed by atoms with Crippen LogP contribution in [-0.4, -0.2) is 51.1 Å². The molecule has 3 aromatic carbocycles. The maximum Gasteiger partial charge on any atom is 0.275 e. The summed E-state index contributed by atoms with van der Waals surface area (Å²) in [5.74, 6) is -0.225. The van der Waals surface area contributed by atoms with Crippen molar-refractivity contribution in [3.05, 3.63) is 114 Å². The standard InChI is InChI=1S/C36H40N4O4/c1-3-20-40(29-8-4-5-9-29)22-33-24(2)34(26-14-12-25(23-41)13-15-26)44-36(43-33)27-16-18-28(19-17-27)38-35(42)32-21-37-30-10-6-7-11-31(30)39-32/h3,6-7,10-19,21,24,29,33-34,36,41H,1,4-5,8-9,20,22-23H2,2H3,(H,38,42)/t24-,33+,34+,36+/m1/s1. The zero-order valence-corrected chi connectivity index (χ0v) is 25.1. The van der Waals surface area contributed by atoms with Crippen molar-refractivity contribution in [1.82, 2.24) is 14.9 Å². The predicted molar refractivity (Wildman–Crippen MR) is 171 cm³/mol. The fraction of sp³-hybridized carbons (Fsp3) is 0.361. The van der Waals surface area contributed by atoms with Crippen LogP contribution in [0.15, 0.2) is 91.6 Å². The minimum atomic E-state index is -0.580. The average Bonchev–Trinajstić information content (AvgIpc) is 3.61. The molecule has 8 heteroatoms. The van der Waals surface area contributed by atoms with E-state index in [0.717, 1.165) is 35.3 Å². The van der Waals surface area contributed by atoms with Gasteiger partial charge in [-0.05, 0) is 48.2 Å². The first-order chi connectivity index (χ1) is 21.5. The van der Waals surface area contributed by atoms with E-state index in [0.29, 0.717) is 17.2 Å². The number of aliphatic hydroxyl groups excluding tert-OH is 1. The van der Waals surface area contributed by atoms with Gasteiger partial charge in [0.05, 0.1) is 36.0 Å². The molecule has 228 valence electrons. The Morgan fingerprint density at radius 3 is 2.41 bits per heavy atom. The van der Waals surface area contributed by atoms with Crippen molar-refractivity contribution < 1.29 is 19.4 Å². The molecule has 1 saturated carbocycles. The van der Waals surface area contributed by atoms with Gasteiger partial charge in [0, 0.05) is 36.3 Å². The van der Waals surface area contributed by atoms with E-state index in [1.54, 1.807) is 0 Å². The molecule has 1 amide bonds. The third-order valence-electron chi connectivity index (χ3n) is 8.86. The van der Waals surface area contributed by atoms with E-state index in [4.69, 9.17) is 9.47 Å². The van der Waals surface area contributed by atoms with Crippen molar-refractivity contribution in [1.29, 1.82) is 0 Å². The van der Waals surface area contributed by atoms with Gasteiger partial charge in [-0.15, -0.1) is 6.58 Å². The Balaban J connectivity index is 1.21. The Morgan fingerprint density at radius 2 is 1.70 bits per heavy atom. The molecule has 4 atom stereocenters. The van der Waals surface area contributed by atoms with E-state index in [1.807, 2.05) is 78.9 Å². The highest BCUT2D eigenvalue weighted by atomic mass is 16.7. The number of rotatable bonds is 10. The molecule has 4 aromatic rings. The van der Waals surface area contributed by atoms with Gasteiger partial charge >= 0.3 is 0 Å². The van der Waals surface area contributed by atoms with Gasteiger partial charge in [0.25, 0.3) is 5.91 Å². The smallest absolute Gasteiger partial charge is 0.275 e. The van der Waals surface area contributed by atoms with Gasteiger partial charge in [-0.2, -0.15) is 0 Å². The first-order valence-electron chi connectivity index (χ1n) is 15.5. The molecular weight excluding hydrogens is 552 g/mol. The average molecular weight is 593 g/mol. The van der Waals surface area contributed by atoms with Gasteiger partial charge in [-0.3, -0.25) is 14.7 Å². The number of hydrogen-bond donors (Lipinski definition) is 2.